The predicted molar refractivity (Wildman–Crippen MR) is 64.6 cm³/mol. The van der Waals surface area contributed by atoms with Crippen LogP contribution < -0.4 is 4.74 Å². The summed E-state index contributed by atoms with van der Waals surface area (Å²) >= 11 is 0. The van der Waals surface area contributed by atoms with E-state index in [1.54, 1.807) is 0 Å². The first-order valence-electron chi connectivity index (χ1n) is 5.86. The van der Waals surface area contributed by atoms with Gasteiger partial charge in [0.2, 0.25) is 0 Å². The number of allylic oxidation sites excluding steroid dienone is 1. The Kier molecular flexibility index (Phi) is 4.00. The van der Waals surface area contributed by atoms with Gasteiger partial charge in [-0.2, -0.15) is 0 Å². The van der Waals surface area contributed by atoms with Gasteiger partial charge in [0.05, 0.1) is 6.61 Å². The molecule has 1 aliphatic heterocycles. The molecule has 0 spiro atoms. The van der Waals surface area contributed by atoms with Gasteiger partial charge in [-0.1, -0.05) is 18.2 Å². The van der Waals surface area contributed by atoms with Crippen LogP contribution in [0.2, 0.25) is 0 Å². The summed E-state index contributed by atoms with van der Waals surface area (Å²) in [5.74, 6) is 0.889. The minimum atomic E-state index is -0.0565. The molecule has 2 heteroatoms. The lowest BCUT2D eigenvalue weighted by Gasteiger charge is -2.23. The van der Waals surface area contributed by atoms with Gasteiger partial charge in [0.15, 0.2) is 6.29 Å². The summed E-state index contributed by atoms with van der Waals surface area (Å²) in [5.41, 5.74) is 1.26. The minimum absolute atomic E-state index is 0.0565. The Balaban J connectivity index is 1.90. The van der Waals surface area contributed by atoms with E-state index in [-0.39, 0.29) is 6.29 Å². The smallest absolute Gasteiger partial charge is 0.199 e. The molecule has 0 radical (unpaired) electrons. The molecule has 0 amide bonds. The van der Waals surface area contributed by atoms with Crippen molar-refractivity contribution in [3.05, 3.63) is 42.5 Å². The van der Waals surface area contributed by atoms with E-state index in [1.165, 1.54) is 12.0 Å². The van der Waals surface area contributed by atoms with E-state index in [9.17, 15) is 0 Å². The molecule has 1 aromatic rings. The van der Waals surface area contributed by atoms with Gasteiger partial charge in [0.1, 0.15) is 5.75 Å². The van der Waals surface area contributed by atoms with Crippen molar-refractivity contribution in [1.82, 2.24) is 0 Å². The first kappa shape index (κ1) is 11.2. The molecule has 0 N–H and O–H groups in total. The van der Waals surface area contributed by atoms with Crippen LogP contribution in [0.15, 0.2) is 36.9 Å². The standard InChI is InChI=1S/C14H18O2/c1-2-5-12-7-9-13(10-8-12)16-14-6-3-4-11-15-14/h2,7-10,14H,1,3-6,11H2. The Morgan fingerprint density at radius 2 is 2.12 bits per heavy atom. The second-order valence-corrected chi connectivity index (χ2v) is 4.05. The van der Waals surface area contributed by atoms with Crippen LogP contribution in [0.1, 0.15) is 24.8 Å². The van der Waals surface area contributed by atoms with Crippen LogP contribution in [-0.4, -0.2) is 12.9 Å². The van der Waals surface area contributed by atoms with E-state index >= 15 is 0 Å². The lowest BCUT2D eigenvalue weighted by Crippen LogP contribution is -2.24. The molecule has 1 unspecified atom stereocenters. The van der Waals surface area contributed by atoms with E-state index in [1.807, 2.05) is 18.2 Å². The summed E-state index contributed by atoms with van der Waals surface area (Å²) in [6, 6.07) is 8.13. The van der Waals surface area contributed by atoms with Crippen molar-refractivity contribution in [3.63, 3.8) is 0 Å². The lowest BCUT2D eigenvalue weighted by atomic mass is 10.1. The second kappa shape index (κ2) is 5.71. The van der Waals surface area contributed by atoms with Gasteiger partial charge in [-0.3, -0.25) is 0 Å². The molecular formula is C14H18O2. The average molecular weight is 218 g/mol. The van der Waals surface area contributed by atoms with E-state index in [4.69, 9.17) is 9.47 Å². The largest absolute Gasteiger partial charge is 0.465 e. The molecule has 0 bridgehead atoms. The monoisotopic (exact) mass is 218 g/mol. The number of rotatable bonds is 4. The van der Waals surface area contributed by atoms with Gasteiger partial charge in [-0.25, -0.2) is 0 Å². The van der Waals surface area contributed by atoms with E-state index in [0.29, 0.717) is 0 Å². The normalized spacial score (nSPS) is 20.4. The molecule has 86 valence electrons. The van der Waals surface area contributed by atoms with Crippen molar-refractivity contribution in [3.8, 4) is 5.75 Å². The van der Waals surface area contributed by atoms with Crippen molar-refractivity contribution < 1.29 is 9.47 Å². The molecule has 1 saturated heterocycles. The topological polar surface area (TPSA) is 18.5 Å². The zero-order chi connectivity index (χ0) is 11.2. The highest BCUT2D eigenvalue weighted by Gasteiger charge is 2.14. The molecule has 2 nitrogen and oxygen atoms in total. The highest BCUT2D eigenvalue weighted by molar-refractivity contribution is 5.28. The first-order chi connectivity index (χ1) is 7.88. The molecular weight excluding hydrogens is 200 g/mol. The van der Waals surface area contributed by atoms with Gasteiger partial charge in [-0.05, 0) is 37.0 Å². The summed E-state index contributed by atoms with van der Waals surface area (Å²) in [5, 5.41) is 0. The Labute approximate surface area is 96.9 Å². The summed E-state index contributed by atoms with van der Waals surface area (Å²) < 4.78 is 11.3. The second-order valence-electron chi connectivity index (χ2n) is 4.05. The van der Waals surface area contributed by atoms with Gasteiger partial charge in [-0.15, -0.1) is 6.58 Å². The van der Waals surface area contributed by atoms with Crippen molar-refractivity contribution in [2.75, 3.05) is 6.61 Å². The molecule has 16 heavy (non-hydrogen) atoms. The highest BCUT2D eigenvalue weighted by atomic mass is 16.7. The van der Waals surface area contributed by atoms with Crippen LogP contribution in [0, 0.1) is 0 Å². The summed E-state index contributed by atoms with van der Waals surface area (Å²) in [6.45, 7) is 4.54. The van der Waals surface area contributed by atoms with Crippen LogP contribution in [0.3, 0.4) is 0 Å². The SMILES string of the molecule is C=CCc1ccc(OC2CCCCO2)cc1. The maximum absolute atomic E-state index is 5.74. The molecule has 0 aromatic heterocycles. The molecule has 1 atom stereocenters. The summed E-state index contributed by atoms with van der Waals surface area (Å²) in [6.07, 6.45) is 6.09. The average Bonchev–Trinajstić information content (AvgIpc) is 2.33. The highest BCUT2D eigenvalue weighted by Crippen LogP contribution is 2.19. The Bertz CT molecular complexity index is 323. The van der Waals surface area contributed by atoms with E-state index in [0.717, 1.165) is 31.6 Å². The number of benzene rings is 1. The Hall–Kier alpha value is -1.28. The Morgan fingerprint density at radius 3 is 2.75 bits per heavy atom. The third-order valence-corrected chi connectivity index (χ3v) is 2.71. The third-order valence-electron chi connectivity index (χ3n) is 2.71. The quantitative estimate of drug-likeness (QED) is 0.722. The molecule has 0 aliphatic carbocycles. The Morgan fingerprint density at radius 1 is 1.31 bits per heavy atom. The predicted octanol–water partition coefficient (Wildman–Crippen LogP) is 3.32. The van der Waals surface area contributed by atoms with Gasteiger partial charge < -0.3 is 9.47 Å². The zero-order valence-electron chi connectivity index (χ0n) is 9.52. The fourth-order valence-corrected chi connectivity index (χ4v) is 1.83. The molecule has 1 aliphatic rings. The number of hydrogen-bond donors (Lipinski definition) is 0. The minimum Gasteiger partial charge on any atom is -0.465 e. The van der Waals surface area contributed by atoms with Crippen LogP contribution in [-0.2, 0) is 11.2 Å². The van der Waals surface area contributed by atoms with Crippen molar-refractivity contribution in [1.29, 1.82) is 0 Å². The van der Waals surface area contributed by atoms with Crippen molar-refractivity contribution in [2.24, 2.45) is 0 Å². The van der Waals surface area contributed by atoms with Crippen LogP contribution >= 0.6 is 0 Å². The number of ether oxygens (including phenoxy) is 2. The summed E-state index contributed by atoms with van der Waals surface area (Å²) in [7, 11) is 0. The first-order valence-corrected chi connectivity index (χ1v) is 5.86. The maximum atomic E-state index is 5.74. The van der Waals surface area contributed by atoms with Crippen LogP contribution in [0.25, 0.3) is 0 Å². The molecule has 2 rings (SSSR count). The van der Waals surface area contributed by atoms with Crippen molar-refractivity contribution in [2.45, 2.75) is 32.0 Å². The van der Waals surface area contributed by atoms with Crippen LogP contribution in [0.5, 0.6) is 5.75 Å². The third kappa shape index (κ3) is 3.11. The summed E-state index contributed by atoms with van der Waals surface area (Å²) in [4.78, 5) is 0. The lowest BCUT2D eigenvalue weighted by molar-refractivity contribution is -0.105. The van der Waals surface area contributed by atoms with E-state index < -0.39 is 0 Å². The zero-order valence-corrected chi connectivity index (χ0v) is 9.52. The fraction of sp³-hybridized carbons (Fsp3) is 0.429. The van der Waals surface area contributed by atoms with Gasteiger partial charge >= 0.3 is 0 Å². The molecule has 1 aromatic carbocycles. The van der Waals surface area contributed by atoms with Crippen molar-refractivity contribution >= 4 is 0 Å². The fourth-order valence-electron chi connectivity index (χ4n) is 1.83. The molecule has 0 saturated carbocycles. The van der Waals surface area contributed by atoms with Crippen LogP contribution in [0.4, 0.5) is 0 Å². The maximum Gasteiger partial charge on any atom is 0.199 e. The van der Waals surface area contributed by atoms with Gasteiger partial charge in [0.25, 0.3) is 0 Å². The number of hydrogen-bond acceptors (Lipinski definition) is 2. The van der Waals surface area contributed by atoms with E-state index in [2.05, 4.69) is 18.7 Å². The molecule has 1 heterocycles. The van der Waals surface area contributed by atoms with Gasteiger partial charge in [0, 0.05) is 6.42 Å². The molecule has 1 fully saturated rings.